The molecular weight excluding hydrogens is 339 g/mol. The van der Waals surface area contributed by atoms with Gasteiger partial charge in [-0.3, -0.25) is 19.7 Å². The van der Waals surface area contributed by atoms with Crippen molar-refractivity contribution in [3.05, 3.63) is 28.8 Å². The minimum absolute atomic E-state index is 0.0472. The van der Waals surface area contributed by atoms with Crippen LogP contribution in [0.2, 0.25) is 0 Å². The fourth-order valence-electron chi connectivity index (χ4n) is 3.17. The maximum Gasteiger partial charge on any atom is 0.417 e. The number of alkyl halides is 3. The van der Waals surface area contributed by atoms with E-state index in [-0.39, 0.29) is 24.9 Å². The summed E-state index contributed by atoms with van der Waals surface area (Å²) in [6.45, 7) is -0.0921. The number of nitrogens with one attached hydrogen (secondary N) is 1. The zero-order chi connectivity index (χ0) is 18.5. The highest BCUT2D eigenvalue weighted by Crippen LogP contribution is 2.40. The lowest BCUT2D eigenvalue weighted by Crippen LogP contribution is -2.52. The van der Waals surface area contributed by atoms with E-state index in [9.17, 15) is 27.6 Å². The number of piperidine rings is 1. The number of hydrogen-bond acceptors (Lipinski definition) is 4. The molecule has 0 saturated carbocycles. The third-order valence-electron chi connectivity index (χ3n) is 4.43. The van der Waals surface area contributed by atoms with Gasteiger partial charge in [0, 0.05) is 32.7 Å². The van der Waals surface area contributed by atoms with Gasteiger partial charge in [0.15, 0.2) is 0 Å². The zero-order valence-corrected chi connectivity index (χ0v) is 13.6. The van der Waals surface area contributed by atoms with Gasteiger partial charge in [0.25, 0.3) is 5.91 Å². The summed E-state index contributed by atoms with van der Waals surface area (Å²) in [6, 6.07) is 1.51. The second kappa shape index (κ2) is 5.75. The zero-order valence-electron chi connectivity index (χ0n) is 13.6. The molecule has 0 aromatic heterocycles. The van der Waals surface area contributed by atoms with Crippen molar-refractivity contribution in [2.75, 3.05) is 19.0 Å². The number of hydrogen-bond donors (Lipinski definition) is 1. The standard InChI is InChI=1S/C16H16F3N3O3/c1-21(2)9-5-8-7-22(11-3-4-12(23)20-14(11)24)15(25)13(8)10(6-9)16(17,18)19/h5-6,11H,3-4,7H2,1-2H3,(H,20,23,24). The second-order valence-electron chi connectivity index (χ2n) is 6.32. The summed E-state index contributed by atoms with van der Waals surface area (Å²) in [5, 5.41) is 2.13. The highest BCUT2D eigenvalue weighted by atomic mass is 19.4. The third-order valence-corrected chi connectivity index (χ3v) is 4.43. The van der Waals surface area contributed by atoms with Crippen molar-refractivity contribution in [2.45, 2.75) is 31.6 Å². The van der Waals surface area contributed by atoms with Crippen molar-refractivity contribution >= 4 is 23.4 Å². The van der Waals surface area contributed by atoms with Gasteiger partial charge < -0.3 is 9.80 Å². The van der Waals surface area contributed by atoms with Gasteiger partial charge in [-0.25, -0.2) is 0 Å². The first kappa shape index (κ1) is 17.2. The van der Waals surface area contributed by atoms with E-state index in [0.717, 1.165) is 11.0 Å². The monoisotopic (exact) mass is 355 g/mol. The SMILES string of the molecule is CN(C)c1cc2c(c(C(F)(F)F)c1)C(=O)N(C1CCC(=O)NC1=O)C2. The molecule has 1 fully saturated rings. The van der Waals surface area contributed by atoms with Crippen LogP contribution in [0.25, 0.3) is 0 Å². The van der Waals surface area contributed by atoms with Gasteiger partial charge in [-0.15, -0.1) is 0 Å². The van der Waals surface area contributed by atoms with Gasteiger partial charge in [0.1, 0.15) is 6.04 Å². The first-order valence-corrected chi connectivity index (χ1v) is 7.65. The number of anilines is 1. The molecule has 25 heavy (non-hydrogen) atoms. The van der Waals surface area contributed by atoms with Gasteiger partial charge in [0.05, 0.1) is 11.1 Å². The van der Waals surface area contributed by atoms with Crippen LogP contribution in [0.4, 0.5) is 18.9 Å². The van der Waals surface area contributed by atoms with E-state index in [4.69, 9.17) is 0 Å². The van der Waals surface area contributed by atoms with Crippen molar-refractivity contribution in [1.29, 1.82) is 0 Å². The van der Waals surface area contributed by atoms with Crippen LogP contribution in [0.3, 0.4) is 0 Å². The lowest BCUT2D eigenvalue weighted by atomic mass is 10.0. The molecular formula is C16H16F3N3O3. The quantitative estimate of drug-likeness (QED) is 0.817. The highest BCUT2D eigenvalue weighted by molar-refractivity contribution is 6.06. The van der Waals surface area contributed by atoms with Crippen LogP contribution < -0.4 is 10.2 Å². The van der Waals surface area contributed by atoms with E-state index in [2.05, 4.69) is 5.32 Å². The highest BCUT2D eigenvalue weighted by Gasteiger charge is 2.45. The Labute approximate surface area is 141 Å². The number of halogens is 3. The number of carbonyl (C=O) groups is 3. The molecule has 2 aliphatic heterocycles. The van der Waals surface area contributed by atoms with Crippen LogP contribution >= 0.6 is 0 Å². The second-order valence-corrected chi connectivity index (χ2v) is 6.32. The summed E-state index contributed by atoms with van der Waals surface area (Å²) in [5.74, 6) is -1.93. The average molecular weight is 355 g/mol. The molecule has 1 aromatic carbocycles. The minimum atomic E-state index is -4.69. The van der Waals surface area contributed by atoms with Crippen LogP contribution in [0.1, 0.15) is 34.3 Å². The number of benzene rings is 1. The first-order chi connectivity index (χ1) is 11.6. The Bertz CT molecular complexity index is 774. The molecule has 1 unspecified atom stereocenters. The van der Waals surface area contributed by atoms with Crippen molar-refractivity contribution in [3.63, 3.8) is 0 Å². The van der Waals surface area contributed by atoms with Crippen LogP contribution in [0, 0.1) is 0 Å². The molecule has 0 radical (unpaired) electrons. The number of fused-ring (bicyclic) bond motifs is 1. The fourth-order valence-corrected chi connectivity index (χ4v) is 3.17. The van der Waals surface area contributed by atoms with E-state index in [0.29, 0.717) is 5.69 Å². The minimum Gasteiger partial charge on any atom is -0.378 e. The van der Waals surface area contributed by atoms with Crippen LogP contribution in [0.15, 0.2) is 12.1 Å². The molecule has 3 amide bonds. The Hall–Kier alpha value is -2.58. The smallest absolute Gasteiger partial charge is 0.378 e. The van der Waals surface area contributed by atoms with Crippen LogP contribution in [-0.2, 0) is 22.3 Å². The number of carbonyl (C=O) groups excluding carboxylic acids is 3. The van der Waals surface area contributed by atoms with Crippen molar-refractivity contribution in [3.8, 4) is 0 Å². The predicted octanol–water partition coefficient (Wildman–Crippen LogP) is 1.53. The Kier molecular flexibility index (Phi) is 3.97. The number of amides is 3. The molecule has 0 aliphatic carbocycles. The molecule has 134 valence electrons. The summed E-state index contributed by atoms with van der Waals surface area (Å²) >= 11 is 0. The molecule has 0 spiro atoms. The number of imide groups is 1. The van der Waals surface area contributed by atoms with Crippen molar-refractivity contribution < 1.29 is 27.6 Å². The Morgan fingerprint density at radius 2 is 1.88 bits per heavy atom. The molecule has 1 saturated heterocycles. The summed E-state index contributed by atoms with van der Waals surface area (Å²) in [6.07, 6.45) is -4.54. The lowest BCUT2D eigenvalue weighted by molar-refractivity contribution is -0.138. The van der Waals surface area contributed by atoms with Gasteiger partial charge >= 0.3 is 6.18 Å². The maximum atomic E-state index is 13.4. The lowest BCUT2D eigenvalue weighted by Gasteiger charge is -2.29. The fraction of sp³-hybridized carbons (Fsp3) is 0.438. The van der Waals surface area contributed by atoms with Gasteiger partial charge in [-0.1, -0.05) is 0 Å². The summed E-state index contributed by atoms with van der Waals surface area (Å²) in [4.78, 5) is 38.5. The summed E-state index contributed by atoms with van der Waals surface area (Å²) in [5.41, 5.74) is -0.867. The maximum absolute atomic E-state index is 13.4. The molecule has 3 rings (SSSR count). The molecule has 1 N–H and O–H groups in total. The Balaban J connectivity index is 2.03. The normalized spacial score (nSPS) is 20.6. The topological polar surface area (TPSA) is 69.7 Å². The molecule has 6 nitrogen and oxygen atoms in total. The van der Waals surface area contributed by atoms with Crippen molar-refractivity contribution in [2.24, 2.45) is 0 Å². The van der Waals surface area contributed by atoms with Gasteiger partial charge in [-0.2, -0.15) is 13.2 Å². The largest absolute Gasteiger partial charge is 0.417 e. The molecule has 9 heteroatoms. The van der Waals surface area contributed by atoms with Crippen molar-refractivity contribution in [1.82, 2.24) is 10.2 Å². The van der Waals surface area contributed by atoms with E-state index < -0.39 is 41.1 Å². The average Bonchev–Trinajstić information content (AvgIpc) is 2.82. The molecule has 0 bridgehead atoms. The molecule has 1 atom stereocenters. The Morgan fingerprint density at radius 1 is 1.20 bits per heavy atom. The number of nitrogens with zero attached hydrogens (tertiary/aromatic N) is 2. The van der Waals surface area contributed by atoms with Gasteiger partial charge in [0.2, 0.25) is 11.8 Å². The van der Waals surface area contributed by atoms with E-state index in [1.807, 2.05) is 0 Å². The molecule has 1 aromatic rings. The molecule has 2 heterocycles. The van der Waals surface area contributed by atoms with Gasteiger partial charge in [-0.05, 0) is 24.1 Å². The summed E-state index contributed by atoms with van der Waals surface area (Å²) in [7, 11) is 3.22. The molecule has 2 aliphatic rings. The van der Waals surface area contributed by atoms with Crippen LogP contribution in [-0.4, -0.2) is 42.8 Å². The number of rotatable bonds is 2. The summed E-state index contributed by atoms with van der Waals surface area (Å²) < 4.78 is 40.3. The predicted molar refractivity (Wildman–Crippen MR) is 81.8 cm³/mol. The Morgan fingerprint density at radius 3 is 2.44 bits per heavy atom. The van der Waals surface area contributed by atoms with Crippen LogP contribution in [0.5, 0.6) is 0 Å². The van der Waals surface area contributed by atoms with E-state index >= 15 is 0 Å². The van der Waals surface area contributed by atoms with E-state index in [1.54, 1.807) is 14.1 Å². The van der Waals surface area contributed by atoms with E-state index in [1.165, 1.54) is 11.0 Å². The first-order valence-electron chi connectivity index (χ1n) is 7.65. The third kappa shape index (κ3) is 2.94.